The van der Waals surface area contributed by atoms with Gasteiger partial charge in [-0.1, -0.05) is 0 Å². The first kappa shape index (κ1) is 12.6. The van der Waals surface area contributed by atoms with Crippen LogP contribution in [-0.2, 0) is 14.9 Å². The van der Waals surface area contributed by atoms with Gasteiger partial charge in [0.15, 0.2) is 5.43 Å². The zero-order valence-electron chi connectivity index (χ0n) is 11.9. The molecule has 0 amide bonds. The molecule has 3 aliphatic rings. The highest BCUT2D eigenvalue weighted by Gasteiger charge is 2.61. The van der Waals surface area contributed by atoms with Crippen molar-refractivity contribution in [3.05, 3.63) is 39.9 Å². The molecule has 1 saturated carbocycles. The first-order chi connectivity index (χ1) is 9.95. The van der Waals surface area contributed by atoms with Gasteiger partial charge in [0.05, 0.1) is 19.3 Å². The SMILES string of the molecule is COC(=O)c1cn2cc(C34COC(C)(C3)C4)[nH]c2cc1=O. The lowest BCUT2D eigenvalue weighted by atomic mass is 9.62. The molecule has 1 N–H and O–H groups in total. The monoisotopic (exact) mass is 288 g/mol. The largest absolute Gasteiger partial charge is 0.465 e. The molecule has 21 heavy (non-hydrogen) atoms. The molecular formula is C15H16N2O4. The van der Waals surface area contributed by atoms with Crippen LogP contribution in [0, 0.1) is 0 Å². The van der Waals surface area contributed by atoms with Crippen LogP contribution in [0.2, 0.25) is 0 Å². The van der Waals surface area contributed by atoms with Gasteiger partial charge in [0, 0.05) is 29.6 Å². The second-order valence-corrected chi connectivity index (χ2v) is 6.38. The van der Waals surface area contributed by atoms with Crippen LogP contribution >= 0.6 is 0 Å². The van der Waals surface area contributed by atoms with E-state index in [2.05, 4.69) is 16.6 Å². The molecule has 2 aliphatic heterocycles. The maximum Gasteiger partial charge on any atom is 0.343 e. The van der Waals surface area contributed by atoms with Gasteiger partial charge >= 0.3 is 5.97 Å². The van der Waals surface area contributed by atoms with Crippen LogP contribution in [0.5, 0.6) is 0 Å². The van der Waals surface area contributed by atoms with Crippen LogP contribution in [0.4, 0.5) is 0 Å². The van der Waals surface area contributed by atoms with E-state index in [4.69, 9.17) is 4.74 Å². The van der Waals surface area contributed by atoms with Gasteiger partial charge in [0.1, 0.15) is 11.2 Å². The Morgan fingerprint density at radius 2 is 2.19 bits per heavy atom. The second-order valence-electron chi connectivity index (χ2n) is 6.38. The molecule has 3 fully saturated rings. The number of aromatic nitrogens is 2. The normalized spacial score (nSPS) is 30.4. The summed E-state index contributed by atoms with van der Waals surface area (Å²) in [6.45, 7) is 2.82. The van der Waals surface area contributed by atoms with Gasteiger partial charge in [-0.05, 0) is 19.8 Å². The van der Waals surface area contributed by atoms with E-state index in [1.807, 2.05) is 6.20 Å². The van der Waals surface area contributed by atoms with E-state index in [1.54, 1.807) is 4.40 Å². The molecule has 4 heterocycles. The van der Waals surface area contributed by atoms with E-state index in [9.17, 15) is 9.59 Å². The molecule has 0 spiro atoms. The second kappa shape index (κ2) is 3.76. The zero-order chi connectivity index (χ0) is 14.8. The number of carbonyl (C=O) groups excluding carboxylic acids is 1. The standard InChI is InChI=1S/C15H16N2O4/c1-14-6-15(7-14,8-21-14)11-5-17-4-9(13(19)20-2)10(18)3-12(17)16-11/h3-5,16H,6-8H2,1-2H3. The highest BCUT2D eigenvalue weighted by atomic mass is 16.5. The van der Waals surface area contributed by atoms with Gasteiger partial charge in [-0.15, -0.1) is 0 Å². The van der Waals surface area contributed by atoms with E-state index in [1.165, 1.54) is 19.4 Å². The van der Waals surface area contributed by atoms with Crippen LogP contribution in [0.15, 0.2) is 23.3 Å². The molecule has 2 aromatic heterocycles. The van der Waals surface area contributed by atoms with Gasteiger partial charge in [-0.2, -0.15) is 0 Å². The van der Waals surface area contributed by atoms with Crippen molar-refractivity contribution in [3.63, 3.8) is 0 Å². The van der Waals surface area contributed by atoms with Crippen LogP contribution in [-0.4, -0.2) is 34.7 Å². The highest BCUT2D eigenvalue weighted by molar-refractivity contribution is 5.89. The smallest absolute Gasteiger partial charge is 0.343 e. The number of nitrogens with zero attached hydrogens (tertiary/aromatic N) is 1. The van der Waals surface area contributed by atoms with Gasteiger partial charge in [0.2, 0.25) is 0 Å². The number of esters is 1. The Morgan fingerprint density at radius 3 is 2.81 bits per heavy atom. The summed E-state index contributed by atoms with van der Waals surface area (Å²) in [5, 5.41) is 0. The maximum atomic E-state index is 11.9. The average Bonchev–Trinajstić information content (AvgIpc) is 3.06. The number of pyridine rings is 1. The van der Waals surface area contributed by atoms with Crippen molar-refractivity contribution in [2.24, 2.45) is 0 Å². The van der Waals surface area contributed by atoms with Crippen LogP contribution < -0.4 is 5.43 Å². The van der Waals surface area contributed by atoms with Gasteiger partial charge in [-0.25, -0.2) is 4.79 Å². The Labute approximate surface area is 120 Å². The van der Waals surface area contributed by atoms with Crippen molar-refractivity contribution in [3.8, 4) is 0 Å². The number of aromatic amines is 1. The number of imidazole rings is 1. The summed E-state index contributed by atoms with van der Waals surface area (Å²) in [7, 11) is 1.27. The Balaban J connectivity index is 1.81. The quantitative estimate of drug-likeness (QED) is 0.844. The lowest BCUT2D eigenvalue weighted by Crippen LogP contribution is -2.45. The highest BCUT2D eigenvalue weighted by Crippen LogP contribution is 2.58. The lowest BCUT2D eigenvalue weighted by Gasteiger charge is -2.41. The fraction of sp³-hybridized carbons (Fsp3) is 0.467. The molecule has 5 rings (SSSR count). The van der Waals surface area contributed by atoms with E-state index in [0.29, 0.717) is 12.3 Å². The zero-order valence-corrected chi connectivity index (χ0v) is 11.9. The van der Waals surface area contributed by atoms with Crippen molar-refractivity contribution in [2.75, 3.05) is 13.7 Å². The van der Waals surface area contributed by atoms with Crippen molar-refractivity contribution in [1.82, 2.24) is 9.38 Å². The third kappa shape index (κ3) is 1.62. The summed E-state index contributed by atoms with van der Waals surface area (Å²) in [5.74, 6) is -0.615. The summed E-state index contributed by atoms with van der Waals surface area (Å²) in [5.41, 5.74) is 1.46. The molecule has 6 heteroatoms. The first-order valence-corrected chi connectivity index (χ1v) is 6.93. The van der Waals surface area contributed by atoms with E-state index < -0.39 is 5.97 Å². The minimum Gasteiger partial charge on any atom is -0.465 e. The van der Waals surface area contributed by atoms with Gasteiger partial charge < -0.3 is 18.9 Å². The molecule has 6 nitrogen and oxygen atoms in total. The number of nitrogens with one attached hydrogen (secondary N) is 1. The third-order valence-electron chi connectivity index (χ3n) is 4.71. The molecule has 2 bridgehead atoms. The van der Waals surface area contributed by atoms with E-state index in [0.717, 1.165) is 18.5 Å². The van der Waals surface area contributed by atoms with Crippen molar-refractivity contribution >= 4 is 11.6 Å². The van der Waals surface area contributed by atoms with Crippen LogP contribution in [0.25, 0.3) is 5.65 Å². The van der Waals surface area contributed by atoms with E-state index in [-0.39, 0.29) is 22.0 Å². The molecule has 110 valence electrons. The fourth-order valence-corrected chi connectivity index (χ4v) is 3.76. The third-order valence-corrected chi connectivity index (χ3v) is 4.71. The number of ether oxygens (including phenoxy) is 2. The molecule has 0 unspecified atom stereocenters. The molecule has 0 aromatic carbocycles. The number of hydrogen-bond donors (Lipinski definition) is 1. The van der Waals surface area contributed by atoms with Crippen molar-refractivity contribution in [1.29, 1.82) is 0 Å². The number of H-pyrrole nitrogens is 1. The molecule has 2 saturated heterocycles. The maximum absolute atomic E-state index is 11.9. The summed E-state index contributed by atoms with van der Waals surface area (Å²) in [4.78, 5) is 26.8. The van der Waals surface area contributed by atoms with E-state index >= 15 is 0 Å². The summed E-state index contributed by atoms with van der Waals surface area (Å²) in [6, 6.07) is 1.43. The first-order valence-electron chi connectivity index (χ1n) is 6.93. The Bertz CT molecular complexity index is 811. The van der Waals surface area contributed by atoms with Crippen LogP contribution in [0.3, 0.4) is 0 Å². The predicted octanol–water partition coefficient (Wildman–Crippen LogP) is 1.23. The van der Waals surface area contributed by atoms with Gasteiger partial charge in [0.25, 0.3) is 0 Å². The summed E-state index contributed by atoms with van der Waals surface area (Å²) >= 11 is 0. The number of rotatable bonds is 2. The minimum absolute atomic E-state index is 0.00281. The Hall–Kier alpha value is -2.08. The number of fused-ring (bicyclic) bond motifs is 2. The molecule has 2 aromatic rings. The molecule has 1 aliphatic carbocycles. The van der Waals surface area contributed by atoms with Crippen LogP contribution in [0.1, 0.15) is 35.8 Å². The number of methoxy groups -OCH3 is 1. The molecule has 0 atom stereocenters. The summed E-state index contributed by atoms with van der Waals surface area (Å²) in [6.07, 6.45) is 5.44. The average molecular weight is 288 g/mol. The number of carbonyl (C=O) groups is 1. The molecule has 0 radical (unpaired) electrons. The van der Waals surface area contributed by atoms with Crippen molar-refractivity contribution < 1.29 is 14.3 Å². The predicted molar refractivity (Wildman–Crippen MR) is 74.6 cm³/mol. The Morgan fingerprint density at radius 1 is 1.43 bits per heavy atom. The fourth-order valence-electron chi connectivity index (χ4n) is 3.76. The number of hydrogen-bond acceptors (Lipinski definition) is 4. The minimum atomic E-state index is -0.615. The summed E-state index contributed by atoms with van der Waals surface area (Å²) < 4.78 is 12.2. The topological polar surface area (TPSA) is 72.8 Å². The van der Waals surface area contributed by atoms with Crippen molar-refractivity contribution in [2.45, 2.75) is 30.8 Å². The van der Waals surface area contributed by atoms with Gasteiger partial charge in [-0.3, -0.25) is 4.79 Å². The lowest BCUT2D eigenvalue weighted by molar-refractivity contribution is 0.0154. The Kier molecular flexibility index (Phi) is 2.27. The molecular weight excluding hydrogens is 272 g/mol.